The molecule has 0 spiro atoms. The van der Waals surface area contributed by atoms with Gasteiger partial charge in [-0.3, -0.25) is 4.98 Å². The van der Waals surface area contributed by atoms with Crippen molar-refractivity contribution in [3.63, 3.8) is 0 Å². The normalized spacial score (nSPS) is 10.1. The molecule has 0 aliphatic heterocycles. The first-order valence-electron chi connectivity index (χ1n) is 3.26. The minimum atomic E-state index is 0.781. The third-order valence-corrected chi connectivity index (χ3v) is 2.66. The standard InChI is InChI=1S/C7H4BrN3S/c8-7-11-10-6(12-7)5-3-1-2-4-9-5/h1-4H. The van der Waals surface area contributed by atoms with Crippen LogP contribution in [0.5, 0.6) is 0 Å². The van der Waals surface area contributed by atoms with E-state index in [1.807, 2.05) is 18.2 Å². The van der Waals surface area contributed by atoms with Crippen molar-refractivity contribution in [3.8, 4) is 10.7 Å². The van der Waals surface area contributed by atoms with Crippen LogP contribution in [0.4, 0.5) is 0 Å². The first kappa shape index (κ1) is 7.82. The predicted molar refractivity (Wildman–Crippen MR) is 50.8 cm³/mol. The Labute approximate surface area is 81.6 Å². The van der Waals surface area contributed by atoms with Crippen LogP contribution in [0.1, 0.15) is 0 Å². The molecule has 5 heteroatoms. The van der Waals surface area contributed by atoms with Crippen molar-refractivity contribution in [2.75, 3.05) is 0 Å². The Bertz CT molecular complexity index is 373. The molecule has 0 aromatic carbocycles. The minimum Gasteiger partial charge on any atom is -0.254 e. The first-order chi connectivity index (χ1) is 5.86. The molecule has 0 bridgehead atoms. The molecule has 2 aromatic heterocycles. The maximum absolute atomic E-state index is 4.15. The summed E-state index contributed by atoms with van der Waals surface area (Å²) in [7, 11) is 0. The van der Waals surface area contributed by atoms with Gasteiger partial charge < -0.3 is 0 Å². The van der Waals surface area contributed by atoms with Gasteiger partial charge in [-0.25, -0.2) is 0 Å². The monoisotopic (exact) mass is 241 g/mol. The van der Waals surface area contributed by atoms with Gasteiger partial charge in [-0.05, 0) is 28.1 Å². The summed E-state index contributed by atoms with van der Waals surface area (Å²) in [6.45, 7) is 0. The molecule has 0 unspecified atom stereocenters. The molecule has 60 valence electrons. The van der Waals surface area contributed by atoms with Crippen LogP contribution >= 0.6 is 27.3 Å². The average molecular weight is 242 g/mol. The molecule has 0 atom stereocenters. The maximum Gasteiger partial charge on any atom is 0.183 e. The van der Waals surface area contributed by atoms with Gasteiger partial charge in [-0.1, -0.05) is 17.4 Å². The molecule has 0 saturated heterocycles. The van der Waals surface area contributed by atoms with Crippen LogP contribution in [0.15, 0.2) is 28.3 Å². The fourth-order valence-electron chi connectivity index (χ4n) is 0.798. The van der Waals surface area contributed by atoms with Gasteiger partial charge in [0.2, 0.25) is 0 Å². The third-order valence-electron chi connectivity index (χ3n) is 1.28. The highest BCUT2D eigenvalue weighted by Crippen LogP contribution is 2.23. The smallest absolute Gasteiger partial charge is 0.183 e. The van der Waals surface area contributed by atoms with E-state index in [1.54, 1.807) is 6.20 Å². The lowest BCUT2D eigenvalue weighted by Crippen LogP contribution is -1.79. The highest BCUT2D eigenvalue weighted by atomic mass is 79.9. The van der Waals surface area contributed by atoms with E-state index in [9.17, 15) is 0 Å². The maximum atomic E-state index is 4.15. The lowest BCUT2D eigenvalue weighted by Gasteiger charge is -1.89. The van der Waals surface area contributed by atoms with Crippen LogP contribution in [-0.4, -0.2) is 15.2 Å². The molecule has 2 rings (SSSR count). The number of aromatic nitrogens is 3. The summed E-state index contributed by atoms with van der Waals surface area (Å²) in [6, 6.07) is 5.71. The fraction of sp³-hybridized carbons (Fsp3) is 0. The van der Waals surface area contributed by atoms with E-state index < -0.39 is 0 Å². The highest BCUT2D eigenvalue weighted by Gasteiger charge is 2.03. The van der Waals surface area contributed by atoms with E-state index in [4.69, 9.17) is 0 Å². The zero-order valence-electron chi connectivity index (χ0n) is 5.94. The Hall–Kier alpha value is -0.810. The summed E-state index contributed by atoms with van der Waals surface area (Å²) in [6.07, 6.45) is 1.74. The summed E-state index contributed by atoms with van der Waals surface area (Å²) >= 11 is 4.72. The van der Waals surface area contributed by atoms with Crippen LogP contribution in [0.3, 0.4) is 0 Å². The van der Waals surface area contributed by atoms with E-state index in [2.05, 4.69) is 31.1 Å². The van der Waals surface area contributed by atoms with Gasteiger partial charge >= 0.3 is 0 Å². The molecular weight excluding hydrogens is 238 g/mol. The molecule has 12 heavy (non-hydrogen) atoms. The second-order valence-electron chi connectivity index (χ2n) is 2.08. The molecule has 0 amide bonds. The summed E-state index contributed by atoms with van der Waals surface area (Å²) in [5.41, 5.74) is 0.862. The lowest BCUT2D eigenvalue weighted by molar-refractivity contribution is 1.07. The Morgan fingerprint density at radius 3 is 2.75 bits per heavy atom. The van der Waals surface area contributed by atoms with E-state index in [1.165, 1.54) is 11.3 Å². The van der Waals surface area contributed by atoms with E-state index in [0.717, 1.165) is 14.6 Å². The Kier molecular flexibility index (Phi) is 2.14. The summed E-state index contributed by atoms with van der Waals surface area (Å²) in [5, 5.41) is 8.62. The van der Waals surface area contributed by atoms with Crippen molar-refractivity contribution in [1.29, 1.82) is 0 Å². The topological polar surface area (TPSA) is 38.7 Å². The van der Waals surface area contributed by atoms with Crippen LogP contribution < -0.4 is 0 Å². The van der Waals surface area contributed by atoms with Gasteiger partial charge in [0.1, 0.15) is 5.69 Å². The third kappa shape index (κ3) is 1.51. The summed E-state index contributed by atoms with van der Waals surface area (Å²) < 4.78 is 0.781. The summed E-state index contributed by atoms with van der Waals surface area (Å²) in [5.74, 6) is 0. The molecule has 2 heterocycles. The molecule has 0 radical (unpaired) electrons. The molecule has 0 saturated carbocycles. The molecule has 0 fully saturated rings. The van der Waals surface area contributed by atoms with Crippen molar-refractivity contribution in [3.05, 3.63) is 28.3 Å². The van der Waals surface area contributed by atoms with Gasteiger partial charge in [0.25, 0.3) is 0 Å². The predicted octanol–water partition coefficient (Wildman–Crippen LogP) is 2.36. The zero-order valence-corrected chi connectivity index (χ0v) is 8.34. The van der Waals surface area contributed by atoms with Crippen molar-refractivity contribution in [2.24, 2.45) is 0 Å². The lowest BCUT2D eigenvalue weighted by atomic mass is 10.4. The van der Waals surface area contributed by atoms with Crippen molar-refractivity contribution in [2.45, 2.75) is 0 Å². The van der Waals surface area contributed by atoms with Gasteiger partial charge in [0.05, 0.1) is 0 Å². The number of rotatable bonds is 1. The van der Waals surface area contributed by atoms with Gasteiger partial charge in [-0.2, -0.15) is 0 Å². The number of pyridine rings is 1. The fourth-order valence-corrected chi connectivity index (χ4v) is 1.89. The Balaban J connectivity index is 2.45. The van der Waals surface area contributed by atoms with Crippen molar-refractivity contribution < 1.29 is 0 Å². The Morgan fingerprint density at radius 1 is 1.25 bits per heavy atom. The molecular formula is C7H4BrN3S. The second kappa shape index (κ2) is 3.28. The second-order valence-corrected chi connectivity index (χ2v) is 4.33. The number of hydrogen-bond acceptors (Lipinski definition) is 4. The van der Waals surface area contributed by atoms with Crippen LogP contribution in [-0.2, 0) is 0 Å². The van der Waals surface area contributed by atoms with Gasteiger partial charge in [0.15, 0.2) is 8.92 Å². The van der Waals surface area contributed by atoms with Crippen LogP contribution in [0, 0.1) is 0 Å². The SMILES string of the molecule is Brc1nnc(-c2ccccn2)s1. The molecule has 0 N–H and O–H groups in total. The quantitative estimate of drug-likeness (QED) is 0.770. The van der Waals surface area contributed by atoms with Gasteiger partial charge in [-0.15, -0.1) is 10.2 Å². The van der Waals surface area contributed by atoms with Crippen LogP contribution in [0.25, 0.3) is 10.7 Å². The zero-order chi connectivity index (χ0) is 8.39. The summed E-state index contributed by atoms with van der Waals surface area (Å²) in [4.78, 5) is 4.15. The largest absolute Gasteiger partial charge is 0.254 e. The van der Waals surface area contributed by atoms with E-state index >= 15 is 0 Å². The molecule has 0 aliphatic carbocycles. The Morgan fingerprint density at radius 2 is 2.17 bits per heavy atom. The molecule has 3 nitrogen and oxygen atoms in total. The molecule has 2 aromatic rings. The number of halogens is 1. The number of hydrogen-bond donors (Lipinski definition) is 0. The number of nitrogens with zero attached hydrogens (tertiary/aromatic N) is 3. The minimum absolute atomic E-state index is 0.781. The average Bonchev–Trinajstić information content (AvgIpc) is 2.54. The highest BCUT2D eigenvalue weighted by molar-refractivity contribution is 9.11. The van der Waals surface area contributed by atoms with Crippen LogP contribution in [0.2, 0.25) is 0 Å². The first-order valence-corrected chi connectivity index (χ1v) is 4.87. The molecule has 0 aliphatic rings. The van der Waals surface area contributed by atoms with E-state index in [0.29, 0.717) is 0 Å². The van der Waals surface area contributed by atoms with Crippen molar-refractivity contribution in [1.82, 2.24) is 15.2 Å². The van der Waals surface area contributed by atoms with Gasteiger partial charge in [0, 0.05) is 6.20 Å². The van der Waals surface area contributed by atoms with E-state index in [-0.39, 0.29) is 0 Å². The van der Waals surface area contributed by atoms with Crippen molar-refractivity contribution >= 4 is 27.3 Å².